The van der Waals surface area contributed by atoms with Gasteiger partial charge in [-0.05, 0) is 6.07 Å². The second-order valence-electron chi connectivity index (χ2n) is 2.64. The molecule has 0 heterocycles. The maximum atomic E-state index is 8.48. The zero-order valence-electron chi connectivity index (χ0n) is 7.93. The van der Waals surface area contributed by atoms with E-state index in [1.165, 1.54) is 6.07 Å². The van der Waals surface area contributed by atoms with Crippen molar-refractivity contribution in [2.45, 2.75) is 0 Å². The maximum Gasteiger partial charge on any atom is 0.237 e. The first kappa shape index (κ1) is 13.9. The van der Waals surface area contributed by atoms with Gasteiger partial charge in [0.15, 0.2) is 0 Å². The standard InChI is InChI=1S/C9H2Cl4N4/c10-5-1-6(11)9(8(13)7(5)12)17-16-4(2-14)3-15/h1,17H. The molecule has 1 aromatic rings. The summed E-state index contributed by atoms with van der Waals surface area (Å²) in [6, 6.07) is 4.50. The van der Waals surface area contributed by atoms with Gasteiger partial charge in [0.2, 0.25) is 5.71 Å². The molecule has 1 N–H and O–H groups in total. The van der Waals surface area contributed by atoms with Crippen LogP contribution in [0.1, 0.15) is 0 Å². The first-order valence-electron chi connectivity index (χ1n) is 3.98. The van der Waals surface area contributed by atoms with E-state index in [2.05, 4.69) is 10.5 Å². The fourth-order valence-corrected chi connectivity index (χ4v) is 1.85. The number of benzene rings is 1. The van der Waals surface area contributed by atoms with Crippen LogP contribution in [-0.2, 0) is 0 Å². The van der Waals surface area contributed by atoms with Crippen LogP contribution in [-0.4, -0.2) is 5.71 Å². The van der Waals surface area contributed by atoms with Crippen LogP contribution in [0.5, 0.6) is 0 Å². The Labute approximate surface area is 117 Å². The molecule has 0 aromatic heterocycles. The summed E-state index contributed by atoms with van der Waals surface area (Å²) < 4.78 is 0. The number of rotatable bonds is 2. The van der Waals surface area contributed by atoms with Crippen molar-refractivity contribution in [3.8, 4) is 12.1 Å². The third kappa shape index (κ3) is 3.15. The van der Waals surface area contributed by atoms with Crippen molar-refractivity contribution in [1.82, 2.24) is 0 Å². The van der Waals surface area contributed by atoms with Crippen molar-refractivity contribution in [2.24, 2.45) is 5.10 Å². The van der Waals surface area contributed by atoms with E-state index < -0.39 is 0 Å². The van der Waals surface area contributed by atoms with Gasteiger partial charge in [-0.3, -0.25) is 5.43 Å². The molecule has 0 aliphatic carbocycles. The fraction of sp³-hybridized carbons (Fsp3) is 0. The van der Waals surface area contributed by atoms with Crippen molar-refractivity contribution < 1.29 is 0 Å². The van der Waals surface area contributed by atoms with Crippen LogP contribution in [0.15, 0.2) is 11.2 Å². The molecule has 0 fully saturated rings. The van der Waals surface area contributed by atoms with Crippen molar-refractivity contribution in [1.29, 1.82) is 10.5 Å². The van der Waals surface area contributed by atoms with Gasteiger partial charge in [-0.1, -0.05) is 46.4 Å². The molecule has 0 saturated heterocycles. The maximum absolute atomic E-state index is 8.48. The van der Waals surface area contributed by atoms with Gasteiger partial charge in [-0.2, -0.15) is 15.6 Å². The molecule has 86 valence electrons. The van der Waals surface area contributed by atoms with Gasteiger partial charge in [0, 0.05) is 0 Å². The second kappa shape index (κ2) is 5.95. The van der Waals surface area contributed by atoms with Crippen LogP contribution in [0.3, 0.4) is 0 Å². The third-order valence-corrected chi connectivity index (χ3v) is 3.17. The number of nitrogens with zero attached hydrogens (tertiary/aromatic N) is 3. The Morgan fingerprint density at radius 1 is 1.06 bits per heavy atom. The van der Waals surface area contributed by atoms with Gasteiger partial charge in [-0.15, -0.1) is 0 Å². The fourth-order valence-electron chi connectivity index (χ4n) is 0.856. The minimum Gasteiger partial charge on any atom is -0.273 e. The molecular weight excluding hydrogens is 306 g/mol. The van der Waals surface area contributed by atoms with E-state index in [1.807, 2.05) is 0 Å². The third-order valence-electron chi connectivity index (χ3n) is 1.61. The number of hydrogen-bond donors (Lipinski definition) is 1. The summed E-state index contributed by atoms with van der Waals surface area (Å²) in [7, 11) is 0. The minimum absolute atomic E-state index is 0.0585. The Kier molecular flexibility index (Phi) is 4.86. The Morgan fingerprint density at radius 3 is 2.18 bits per heavy atom. The number of halogens is 4. The molecule has 0 unspecified atom stereocenters. The molecule has 0 radical (unpaired) electrons. The van der Waals surface area contributed by atoms with E-state index in [4.69, 9.17) is 56.9 Å². The molecule has 0 amide bonds. The number of anilines is 1. The summed E-state index contributed by atoms with van der Waals surface area (Å²) in [5.74, 6) is 0. The highest BCUT2D eigenvalue weighted by atomic mass is 35.5. The Balaban J connectivity index is 3.18. The predicted octanol–water partition coefficient (Wildman–Crippen LogP) is 4.12. The monoisotopic (exact) mass is 306 g/mol. The largest absolute Gasteiger partial charge is 0.273 e. The SMILES string of the molecule is N#CC(C#N)=NNc1c(Cl)cc(Cl)c(Cl)c1Cl. The van der Waals surface area contributed by atoms with Gasteiger partial charge in [0.1, 0.15) is 12.1 Å². The van der Waals surface area contributed by atoms with E-state index >= 15 is 0 Å². The zero-order chi connectivity index (χ0) is 13.0. The summed E-state index contributed by atoms with van der Waals surface area (Å²) in [6.45, 7) is 0. The van der Waals surface area contributed by atoms with Crippen LogP contribution in [0.2, 0.25) is 20.1 Å². The summed E-state index contributed by atoms with van der Waals surface area (Å²) in [5, 5.41) is 21.0. The van der Waals surface area contributed by atoms with E-state index in [1.54, 1.807) is 12.1 Å². The number of hydrogen-bond acceptors (Lipinski definition) is 4. The highest BCUT2D eigenvalue weighted by molar-refractivity contribution is 6.51. The molecular formula is C9H2Cl4N4. The summed E-state index contributed by atoms with van der Waals surface area (Å²) in [6.07, 6.45) is 0. The molecule has 0 spiro atoms. The van der Waals surface area contributed by atoms with Gasteiger partial charge in [0.05, 0.1) is 25.8 Å². The van der Waals surface area contributed by atoms with E-state index in [0.717, 1.165) is 0 Å². The molecule has 0 bridgehead atoms. The smallest absolute Gasteiger partial charge is 0.237 e. The van der Waals surface area contributed by atoms with Crippen LogP contribution < -0.4 is 5.43 Å². The predicted molar refractivity (Wildman–Crippen MR) is 68.8 cm³/mol. The molecule has 8 heteroatoms. The molecule has 4 nitrogen and oxygen atoms in total. The number of nitrogens with one attached hydrogen (secondary N) is 1. The van der Waals surface area contributed by atoms with E-state index in [0.29, 0.717) is 0 Å². The number of hydrazone groups is 1. The molecule has 0 aliphatic rings. The highest BCUT2D eigenvalue weighted by Gasteiger charge is 2.13. The Bertz CT molecular complexity index is 552. The van der Waals surface area contributed by atoms with Crippen LogP contribution in [0.4, 0.5) is 5.69 Å². The van der Waals surface area contributed by atoms with Gasteiger partial charge in [-0.25, -0.2) is 0 Å². The highest BCUT2D eigenvalue weighted by Crippen LogP contribution is 2.40. The Hall–Kier alpha value is -1.17. The molecule has 0 atom stereocenters. The van der Waals surface area contributed by atoms with Crippen molar-refractivity contribution in [3.63, 3.8) is 0 Å². The lowest BCUT2D eigenvalue weighted by Crippen LogP contribution is -1.98. The van der Waals surface area contributed by atoms with E-state index in [9.17, 15) is 0 Å². The second-order valence-corrected chi connectivity index (χ2v) is 4.21. The summed E-state index contributed by atoms with van der Waals surface area (Å²) in [4.78, 5) is 0. The lowest BCUT2D eigenvalue weighted by atomic mass is 10.3. The molecule has 0 saturated carbocycles. The molecule has 1 aromatic carbocycles. The summed E-state index contributed by atoms with van der Waals surface area (Å²) in [5.41, 5.74) is 2.19. The summed E-state index contributed by atoms with van der Waals surface area (Å²) >= 11 is 23.3. The van der Waals surface area contributed by atoms with Crippen LogP contribution in [0, 0.1) is 22.7 Å². The topological polar surface area (TPSA) is 72.0 Å². The van der Waals surface area contributed by atoms with Crippen molar-refractivity contribution in [3.05, 3.63) is 26.2 Å². The van der Waals surface area contributed by atoms with Crippen LogP contribution in [0.25, 0.3) is 0 Å². The zero-order valence-corrected chi connectivity index (χ0v) is 11.0. The lowest BCUT2D eigenvalue weighted by molar-refractivity contribution is 1.34. The first-order valence-corrected chi connectivity index (χ1v) is 5.49. The minimum atomic E-state index is -0.372. The van der Waals surface area contributed by atoms with Crippen LogP contribution >= 0.6 is 46.4 Å². The average molecular weight is 308 g/mol. The normalized spacial score (nSPS) is 9.06. The Morgan fingerprint density at radius 2 is 1.65 bits per heavy atom. The lowest BCUT2D eigenvalue weighted by Gasteiger charge is -2.08. The van der Waals surface area contributed by atoms with Crippen molar-refractivity contribution >= 4 is 57.8 Å². The molecule has 17 heavy (non-hydrogen) atoms. The van der Waals surface area contributed by atoms with Gasteiger partial charge < -0.3 is 0 Å². The van der Waals surface area contributed by atoms with Crippen molar-refractivity contribution in [2.75, 3.05) is 5.43 Å². The average Bonchev–Trinajstić information content (AvgIpc) is 2.31. The number of nitriles is 2. The molecule has 1 rings (SSSR count). The van der Waals surface area contributed by atoms with Gasteiger partial charge in [0.25, 0.3) is 0 Å². The molecule has 0 aliphatic heterocycles. The van der Waals surface area contributed by atoms with Gasteiger partial charge >= 0.3 is 0 Å². The van der Waals surface area contributed by atoms with E-state index in [-0.39, 0.29) is 31.5 Å². The first-order chi connectivity index (χ1) is 8.01. The quantitative estimate of drug-likeness (QED) is 0.387.